The fourth-order valence-corrected chi connectivity index (χ4v) is 1.97. The molecular formula is C11H10N2O. The Kier molecular flexibility index (Phi) is 1.35. The molecule has 1 aliphatic rings. The Morgan fingerprint density at radius 3 is 3.00 bits per heavy atom. The van der Waals surface area contributed by atoms with Crippen molar-refractivity contribution in [3.05, 3.63) is 30.0 Å². The number of carbonyl (C=O) groups excluding carboxylic acids is 1. The summed E-state index contributed by atoms with van der Waals surface area (Å²) in [7, 11) is 0. The molecule has 2 aromatic rings. The van der Waals surface area contributed by atoms with Crippen LogP contribution in [0, 0.1) is 0 Å². The molecule has 0 aliphatic heterocycles. The van der Waals surface area contributed by atoms with E-state index in [4.69, 9.17) is 0 Å². The van der Waals surface area contributed by atoms with Gasteiger partial charge in [-0.05, 0) is 18.4 Å². The third-order valence-corrected chi connectivity index (χ3v) is 3.03. The fraction of sp³-hybridized carbons (Fsp3) is 0.273. The van der Waals surface area contributed by atoms with Crippen molar-refractivity contribution in [1.29, 1.82) is 0 Å². The molecule has 0 atom stereocenters. The highest BCUT2D eigenvalue weighted by Crippen LogP contribution is 2.47. The molecule has 1 aromatic heterocycles. The quantitative estimate of drug-likeness (QED) is 0.727. The van der Waals surface area contributed by atoms with Crippen molar-refractivity contribution >= 4 is 17.2 Å². The van der Waals surface area contributed by atoms with E-state index in [9.17, 15) is 4.79 Å². The predicted octanol–water partition coefficient (Wildman–Crippen LogP) is 1.79. The largest absolute Gasteiger partial charge is 0.302 e. The van der Waals surface area contributed by atoms with Gasteiger partial charge in [0.2, 0.25) is 0 Å². The number of aromatic amines is 1. The summed E-state index contributed by atoms with van der Waals surface area (Å²) < 4.78 is 0. The van der Waals surface area contributed by atoms with Gasteiger partial charge in [-0.25, -0.2) is 0 Å². The molecule has 3 nitrogen and oxygen atoms in total. The smallest absolute Gasteiger partial charge is 0.130 e. The first-order valence-electron chi connectivity index (χ1n) is 4.75. The predicted molar refractivity (Wildman–Crippen MR) is 53.1 cm³/mol. The van der Waals surface area contributed by atoms with E-state index in [0.29, 0.717) is 0 Å². The molecule has 0 unspecified atom stereocenters. The Labute approximate surface area is 81.1 Å². The first-order chi connectivity index (χ1) is 6.86. The van der Waals surface area contributed by atoms with Crippen molar-refractivity contribution in [2.24, 2.45) is 0 Å². The molecule has 0 amide bonds. The number of hydrogen-bond acceptors (Lipinski definition) is 2. The number of aromatic nitrogens is 2. The molecule has 70 valence electrons. The summed E-state index contributed by atoms with van der Waals surface area (Å²) in [6, 6.07) is 6.00. The van der Waals surface area contributed by atoms with E-state index in [1.54, 1.807) is 6.20 Å². The molecule has 0 bridgehead atoms. The second kappa shape index (κ2) is 2.44. The minimum Gasteiger partial charge on any atom is -0.302 e. The summed E-state index contributed by atoms with van der Waals surface area (Å²) in [4.78, 5) is 11.0. The molecular weight excluding hydrogens is 176 g/mol. The van der Waals surface area contributed by atoms with Gasteiger partial charge in [0.25, 0.3) is 0 Å². The zero-order valence-electron chi connectivity index (χ0n) is 7.66. The first-order valence-corrected chi connectivity index (χ1v) is 4.75. The van der Waals surface area contributed by atoms with Crippen LogP contribution in [0.25, 0.3) is 10.9 Å². The normalized spacial score (nSPS) is 18.3. The molecule has 1 heterocycles. The van der Waals surface area contributed by atoms with Crippen molar-refractivity contribution < 1.29 is 4.79 Å². The van der Waals surface area contributed by atoms with Gasteiger partial charge < -0.3 is 4.79 Å². The van der Waals surface area contributed by atoms with E-state index >= 15 is 0 Å². The maximum Gasteiger partial charge on any atom is 0.130 e. The van der Waals surface area contributed by atoms with Gasteiger partial charge in [0, 0.05) is 5.39 Å². The van der Waals surface area contributed by atoms with Gasteiger partial charge in [0.15, 0.2) is 0 Å². The number of nitrogens with one attached hydrogen (secondary N) is 1. The summed E-state index contributed by atoms with van der Waals surface area (Å²) in [5, 5.41) is 8.04. The molecule has 3 heteroatoms. The Bertz CT molecular complexity index is 497. The number of carbonyl (C=O) groups is 1. The third-order valence-electron chi connectivity index (χ3n) is 3.03. The highest BCUT2D eigenvalue weighted by molar-refractivity contribution is 5.88. The Balaban J connectivity index is 2.30. The third kappa shape index (κ3) is 0.867. The average Bonchev–Trinajstić information content (AvgIpc) is 2.87. The minimum absolute atomic E-state index is 0.216. The highest BCUT2D eigenvalue weighted by atomic mass is 16.1. The fourth-order valence-electron chi connectivity index (χ4n) is 1.97. The molecule has 14 heavy (non-hydrogen) atoms. The van der Waals surface area contributed by atoms with E-state index in [2.05, 4.69) is 10.2 Å². The summed E-state index contributed by atoms with van der Waals surface area (Å²) in [5.41, 5.74) is 1.89. The molecule has 1 fully saturated rings. The molecule has 1 saturated carbocycles. The molecule has 3 rings (SSSR count). The van der Waals surface area contributed by atoms with Crippen LogP contribution in [0.3, 0.4) is 0 Å². The van der Waals surface area contributed by atoms with Gasteiger partial charge in [-0.15, -0.1) is 0 Å². The van der Waals surface area contributed by atoms with Crippen LogP contribution < -0.4 is 0 Å². The maximum atomic E-state index is 11.0. The van der Waals surface area contributed by atoms with E-state index in [-0.39, 0.29) is 5.41 Å². The van der Waals surface area contributed by atoms with E-state index in [1.165, 1.54) is 0 Å². The van der Waals surface area contributed by atoms with Crippen molar-refractivity contribution in [3.63, 3.8) is 0 Å². The molecule has 0 spiro atoms. The number of nitrogens with zero attached hydrogens (tertiary/aromatic N) is 1. The summed E-state index contributed by atoms with van der Waals surface area (Å²) in [6.07, 6.45) is 4.80. The topological polar surface area (TPSA) is 45.8 Å². The van der Waals surface area contributed by atoms with Crippen LogP contribution in [-0.2, 0) is 10.2 Å². The van der Waals surface area contributed by atoms with Crippen LogP contribution in [-0.4, -0.2) is 16.5 Å². The zero-order chi connectivity index (χ0) is 9.60. The van der Waals surface area contributed by atoms with Gasteiger partial charge in [-0.3, -0.25) is 5.10 Å². The Morgan fingerprint density at radius 1 is 1.43 bits per heavy atom. The van der Waals surface area contributed by atoms with Crippen LogP contribution in [0.15, 0.2) is 24.4 Å². The van der Waals surface area contributed by atoms with Crippen molar-refractivity contribution in [2.75, 3.05) is 0 Å². The number of aldehydes is 1. The number of fused-ring (bicyclic) bond motifs is 1. The highest BCUT2D eigenvalue weighted by Gasteiger charge is 2.45. The number of para-hydroxylation sites is 1. The minimum atomic E-state index is -0.216. The van der Waals surface area contributed by atoms with Gasteiger partial charge in [-0.2, -0.15) is 5.10 Å². The lowest BCUT2D eigenvalue weighted by molar-refractivity contribution is -0.109. The lowest BCUT2D eigenvalue weighted by Gasteiger charge is -2.07. The maximum absolute atomic E-state index is 11.0. The molecule has 1 aromatic carbocycles. The number of hydrogen-bond donors (Lipinski definition) is 1. The molecule has 0 radical (unpaired) electrons. The zero-order valence-corrected chi connectivity index (χ0v) is 7.66. The number of benzene rings is 1. The van der Waals surface area contributed by atoms with Gasteiger partial charge in [-0.1, -0.05) is 18.2 Å². The SMILES string of the molecule is O=CC1(c2cccc3cn[nH]c23)CC1. The van der Waals surface area contributed by atoms with Crippen LogP contribution in [0.5, 0.6) is 0 Å². The summed E-state index contributed by atoms with van der Waals surface area (Å²) in [6.45, 7) is 0. The second-order valence-electron chi connectivity index (χ2n) is 3.91. The standard InChI is InChI=1S/C11H10N2O/c14-7-11(4-5-11)9-3-1-2-8-6-12-13-10(8)9/h1-3,6-7H,4-5H2,(H,12,13). The van der Waals surface area contributed by atoms with Gasteiger partial charge in [0.05, 0.1) is 17.1 Å². The number of H-pyrrole nitrogens is 1. The molecule has 0 saturated heterocycles. The van der Waals surface area contributed by atoms with Gasteiger partial charge in [0.1, 0.15) is 6.29 Å². The van der Waals surface area contributed by atoms with Crippen molar-refractivity contribution in [3.8, 4) is 0 Å². The Morgan fingerprint density at radius 2 is 2.29 bits per heavy atom. The lowest BCUT2D eigenvalue weighted by atomic mass is 9.96. The van der Waals surface area contributed by atoms with E-state index < -0.39 is 0 Å². The Hall–Kier alpha value is -1.64. The van der Waals surface area contributed by atoms with Crippen LogP contribution in [0.1, 0.15) is 18.4 Å². The molecule has 1 aliphatic carbocycles. The van der Waals surface area contributed by atoms with Gasteiger partial charge >= 0.3 is 0 Å². The molecule has 1 N–H and O–H groups in total. The monoisotopic (exact) mass is 186 g/mol. The van der Waals surface area contributed by atoms with E-state index in [1.807, 2.05) is 18.2 Å². The van der Waals surface area contributed by atoms with E-state index in [0.717, 1.165) is 35.6 Å². The van der Waals surface area contributed by atoms with Crippen LogP contribution in [0.2, 0.25) is 0 Å². The van der Waals surface area contributed by atoms with Crippen LogP contribution in [0.4, 0.5) is 0 Å². The summed E-state index contributed by atoms with van der Waals surface area (Å²) >= 11 is 0. The average molecular weight is 186 g/mol. The van der Waals surface area contributed by atoms with Crippen LogP contribution >= 0.6 is 0 Å². The lowest BCUT2D eigenvalue weighted by Crippen LogP contribution is -2.08. The second-order valence-corrected chi connectivity index (χ2v) is 3.91. The number of rotatable bonds is 2. The van der Waals surface area contributed by atoms with Crippen molar-refractivity contribution in [1.82, 2.24) is 10.2 Å². The summed E-state index contributed by atoms with van der Waals surface area (Å²) in [5.74, 6) is 0. The first kappa shape index (κ1) is 7.74. The van der Waals surface area contributed by atoms with Crippen molar-refractivity contribution in [2.45, 2.75) is 18.3 Å².